The fraction of sp³-hybridized carbons (Fsp3) is 0.706. The summed E-state index contributed by atoms with van der Waals surface area (Å²) in [5, 5.41) is 10.1. The summed E-state index contributed by atoms with van der Waals surface area (Å²) < 4.78 is 4.82. The summed E-state index contributed by atoms with van der Waals surface area (Å²) in [6.45, 7) is 0. The number of aromatic nitrogens is 2. The molecule has 1 amide bonds. The van der Waals surface area contributed by atoms with Gasteiger partial charge >= 0.3 is 5.97 Å². The number of hydrogen-bond donors (Lipinski definition) is 2. The third-order valence-corrected chi connectivity index (χ3v) is 5.21. The third kappa shape index (κ3) is 3.57. The molecule has 0 saturated heterocycles. The van der Waals surface area contributed by atoms with Gasteiger partial charge in [0.05, 0.1) is 13.0 Å². The lowest BCUT2D eigenvalue weighted by molar-refractivity contribution is -0.145. The van der Waals surface area contributed by atoms with Gasteiger partial charge in [0.1, 0.15) is 5.69 Å². The summed E-state index contributed by atoms with van der Waals surface area (Å²) in [5.74, 6) is -0.186. The van der Waals surface area contributed by atoms with Crippen LogP contribution in [0.3, 0.4) is 0 Å². The van der Waals surface area contributed by atoms with E-state index in [-0.39, 0.29) is 23.8 Å². The quantitative estimate of drug-likeness (QED) is 0.835. The van der Waals surface area contributed by atoms with Crippen LogP contribution >= 0.6 is 0 Å². The van der Waals surface area contributed by atoms with Gasteiger partial charge in [-0.2, -0.15) is 5.10 Å². The van der Waals surface area contributed by atoms with Crippen LogP contribution in [0.4, 0.5) is 0 Å². The number of methoxy groups -OCH3 is 1. The average Bonchev–Trinajstić information content (AvgIpc) is 3.24. The minimum atomic E-state index is -0.238. The van der Waals surface area contributed by atoms with Crippen LogP contribution < -0.4 is 5.32 Å². The lowest BCUT2D eigenvalue weighted by Crippen LogP contribution is -2.40. The van der Waals surface area contributed by atoms with Crippen molar-refractivity contribution < 1.29 is 14.3 Å². The number of amides is 1. The summed E-state index contributed by atoms with van der Waals surface area (Å²) in [4.78, 5) is 24.2. The maximum atomic E-state index is 12.4. The van der Waals surface area contributed by atoms with Gasteiger partial charge in [0, 0.05) is 17.7 Å². The van der Waals surface area contributed by atoms with Crippen LogP contribution in [0, 0.1) is 5.92 Å². The molecule has 2 N–H and O–H groups in total. The highest BCUT2D eigenvalue weighted by atomic mass is 16.5. The number of aromatic amines is 1. The number of carbonyl (C=O) groups is 2. The van der Waals surface area contributed by atoms with Gasteiger partial charge in [0.15, 0.2) is 0 Å². The van der Waals surface area contributed by atoms with Crippen molar-refractivity contribution in [2.24, 2.45) is 5.92 Å². The summed E-state index contributed by atoms with van der Waals surface area (Å²) in [5.41, 5.74) is 1.48. The Morgan fingerprint density at radius 3 is 2.70 bits per heavy atom. The predicted octanol–water partition coefficient (Wildman–Crippen LogP) is 2.53. The molecule has 1 heterocycles. The SMILES string of the molecule is COC(=O)[C@@H]1CCC[C@H]1NC(=O)c1cc(C2CCCCC2)[nH]n1. The molecular weight excluding hydrogens is 294 g/mol. The molecule has 3 rings (SSSR count). The molecule has 2 saturated carbocycles. The summed E-state index contributed by atoms with van der Waals surface area (Å²) in [7, 11) is 1.39. The van der Waals surface area contributed by atoms with Crippen LogP contribution in [0.15, 0.2) is 6.07 Å². The zero-order chi connectivity index (χ0) is 16.2. The molecule has 2 aliphatic rings. The number of nitrogens with zero attached hydrogens (tertiary/aromatic N) is 1. The van der Waals surface area contributed by atoms with Crippen LogP contribution in [0.2, 0.25) is 0 Å². The molecule has 2 fully saturated rings. The van der Waals surface area contributed by atoms with E-state index in [1.807, 2.05) is 6.07 Å². The normalized spacial score (nSPS) is 25.3. The molecule has 2 aliphatic carbocycles. The Hall–Kier alpha value is -1.85. The molecule has 126 valence electrons. The van der Waals surface area contributed by atoms with E-state index < -0.39 is 0 Å². The fourth-order valence-corrected chi connectivity index (χ4v) is 3.88. The van der Waals surface area contributed by atoms with Gasteiger partial charge in [0.25, 0.3) is 5.91 Å². The van der Waals surface area contributed by atoms with Crippen LogP contribution in [-0.2, 0) is 9.53 Å². The third-order valence-electron chi connectivity index (χ3n) is 5.21. The molecule has 6 nitrogen and oxygen atoms in total. The molecule has 0 bridgehead atoms. The molecule has 1 aromatic heterocycles. The largest absolute Gasteiger partial charge is 0.469 e. The molecule has 0 aromatic carbocycles. The van der Waals surface area contributed by atoms with Crippen molar-refractivity contribution in [2.75, 3.05) is 7.11 Å². The average molecular weight is 319 g/mol. The Bertz CT molecular complexity index is 563. The number of rotatable bonds is 4. The van der Waals surface area contributed by atoms with E-state index >= 15 is 0 Å². The predicted molar refractivity (Wildman–Crippen MR) is 85.0 cm³/mol. The zero-order valence-corrected chi connectivity index (χ0v) is 13.6. The Balaban J connectivity index is 1.62. The lowest BCUT2D eigenvalue weighted by Gasteiger charge is -2.19. The van der Waals surface area contributed by atoms with Crippen LogP contribution in [0.1, 0.15) is 73.5 Å². The van der Waals surface area contributed by atoms with Gasteiger partial charge in [-0.1, -0.05) is 25.7 Å². The van der Waals surface area contributed by atoms with E-state index in [1.165, 1.54) is 26.4 Å². The van der Waals surface area contributed by atoms with Crippen molar-refractivity contribution in [2.45, 2.75) is 63.3 Å². The topological polar surface area (TPSA) is 84.1 Å². The van der Waals surface area contributed by atoms with Gasteiger partial charge < -0.3 is 10.1 Å². The maximum absolute atomic E-state index is 12.4. The second kappa shape index (κ2) is 7.15. The van der Waals surface area contributed by atoms with E-state index in [4.69, 9.17) is 4.74 Å². The van der Waals surface area contributed by atoms with Crippen molar-refractivity contribution >= 4 is 11.9 Å². The number of nitrogens with one attached hydrogen (secondary N) is 2. The minimum Gasteiger partial charge on any atom is -0.469 e. The molecule has 0 aliphatic heterocycles. The van der Waals surface area contributed by atoms with Gasteiger partial charge in [-0.05, 0) is 31.7 Å². The lowest BCUT2D eigenvalue weighted by atomic mass is 9.87. The van der Waals surface area contributed by atoms with Gasteiger partial charge in [0.2, 0.25) is 0 Å². The van der Waals surface area contributed by atoms with Crippen LogP contribution in [0.5, 0.6) is 0 Å². The van der Waals surface area contributed by atoms with Crippen LogP contribution in [0.25, 0.3) is 0 Å². The second-order valence-electron chi connectivity index (χ2n) is 6.68. The molecule has 0 unspecified atom stereocenters. The summed E-state index contributed by atoms with van der Waals surface area (Å²) in [6, 6.07) is 1.72. The monoisotopic (exact) mass is 319 g/mol. The number of H-pyrrole nitrogens is 1. The van der Waals surface area contributed by atoms with Gasteiger partial charge in [-0.15, -0.1) is 0 Å². The first-order valence-electron chi connectivity index (χ1n) is 8.63. The van der Waals surface area contributed by atoms with Crippen molar-refractivity contribution in [3.63, 3.8) is 0 Å². The van der Waals surface area contributed by atoms with E-state index in [9.17, 15) is 9.59 Å². The van der Waals surface area contributed by atoms with Crippen molar-refractivity contribution in [1.29, 1.82) is 0 Å². The Morgan fingerprint density at radius 1 is 1.17 bits per heavy atom. The maximum Gasteiger partial charge on any atom is 0.310 e. The minimum absolute atomic E-state index is 0.148. The summed E-state index contributed by atoms with van der Waals surface area (Å²) >= 11 is 0. The summed E-state index contributed by atoms with van der Waals surface area (Å²) in [6.07, 6.45) is 8.62. The van der Waals surface area contributed by atoms with Crippen molar-refractivity contribution in [1.82, 2.24) is 15.5 Å². The second-order valence-corrected chi connectivity index (χ2v) is 6.68. The molecule has 0 spiro atoms. The molecule has 2 atom stereocenters. The smallest absolute Gasteiger partial charge is 0.310 e. The van der Waals surface area contributed by atoms with Gasteiger partial charge in [-0.3, -0.25) is 14.7 Å². The fourth-order valence-electron chi connectivity index (χ4n) is 3.88. The Kier molecular flexibility index (Phi) is 4.98. The molecule has 23 heavy (non-hydrogen) atoms. The highest BCUT2D eigenvalue weighted by molar-refractivity contribution is 5.93. The first-order chi connectivity index (χ1) is 11.2. The zero-order valence-electron chi connectivity index (χ0n) is 13.6. The first kappa shape index (κ1) is 16.0. The van der Waals surface area contributed by atoms with Crippen LogP contribution in [-0.4, -0.2) is 35.2 Å². The Morgan fingerprint density at radius 2 is 1.96 bits per heavy atom. The van der Waals surface area contributed by atoms with E-state index in [2.05, 4.69) is 15.5 Å². The molecule has 0 radical (unpaired) electrons. The number of ether oxygens (including phenoxy) is 1. The van der Waals surface area contributed by atoms with E-state index in [1.54, 1.807) is 0 Å². The first-order valence-corrected chi connectivity index (χ1v) is 8.63. The Labute approximate surface area is 136 Å². The molecular formula is C17H25N3O3. The van der Waals surface area contributed by atoms with E-state index in [0.717, 1.165) is 37.8 Å². The highest BCUT2D eigenvalue weighted by Crippen LogP contribution is 2.32. The van der Waals surface area contributed by atoms with Crippen molar-refractivity contribution in [3.8, 4) is 0 Å². The highest BCUT2D eigenvalue weighted by Gasteiger charge is 2.35. The molecule has 6 heteroatoms. The van der Waals surface area contributed by atoms with Gasteiger partial charge in [-0.25, -0.2) is 0 Å². The standard InChI is InChI=1S/C17H25N3O3/c1-23-17(22)12-8-5-9-13(12)18-16(21)15-10-14(19-20-15)11-6-3-2-4-7-11/h10-13H,2-9H2,1H3,(H,18,21)(H,19,20)/t12-,13-/m1/s1. The van der Waals surface area contributed by atoms with Crippen molar-refractivity contribution in [3.05, 3.63) is 17.5 Å². The number of carbonyl (C=O) groups excluding carboxylic acids is 2. The van der Waals surface area contributed by atoms with E-state index in [0.29, 0.717) is 11.6 Å². The number of hydrogen-bond acceptors (Lipinski definition) is 4. The number of esters is 1. The molecule has 1 aromatic rings.